The van der Waals surface area contributed by atoms with Crippen molar-refractivity contribution in [3.63, 3.8) is 0 Å². The highest BCUT2D eigenvalue weighted by atomic mass is 19.1. The minimum absolute atomic E-state index is 0.0255. The Labute approximate surface area is 383 Å². The number of nitrogens with zero attached hydrogens (tertiary/aromatic N) is 2. The molecule has 4 aromatic rings. The molecule has 354 valence electrons. The first-order chi connectivity index (χ1) is 31.7. The van der Waals surface area contributed by atoms with Crippen LogP contribution in [-0.4, -0.2) is 93.5 Å². The standard InChI is InChI=1S/C47H53FN8O11/c1-6-47(65)28-15-34-41-26(21-56(34)43(62)27(28)22-66-45(47)64)40-31(13-12-25-23(2)29(48)16-32(55-41)39(25)40)53-38(60)20-52-42(61)33(14-24-10-8-7-9-11-24)54-37(59)19-51-36(58)18-50-35(57)17-30(49)44(63)67-46(3,4)5/h7-11,15-16,30-31,33,65H,6,12-14,17-22,49H2,1-5H3,(H,50,57)(H,51,58)(H,52,61)(H,53,60)(H,54,59)/t30-,31-,33-,47-/m0/s1. The Morgan fingerprint density at radius 2 is 1.66 bits per heavy atom. The van der Waals surface area contributed by atoms with Gasteiger partial charge in [-0.3, -0.25) is 33.6 Å². The van der Waals surface area contributed by atoms with Crippen molar-refractivity contribution in [3.8, 4) is 11.4 Å². The highest BCUT2D eigenvalue weighted by molar-refractivity contribution is 5.96. The van der Waals surface area contributed by atoms with Crippen LogP contribution < -0.4 is 37.9 Å². The lowest BCUT2D eigenvalue weighted by atomic mass is 9.81. The van der Waals surface area contributed by atoms with Crippen LogP contribution in [0.25, 0.3) is 22.3 Å². The maximum absolute atomic E-state index is 15.4. The van der Waals surface area contributed by atoms with Gasteiger partial charge in [-0.2, -0.15) is 0 Å². The normalized spacial score (nSPS) is 17.7. The van der Waals surface area contributed by atoms with E-state index in [1.807, 2.05) is 0 Å². The highest BCUT2D eigenvalue weighted by Crippen LogP contribution is 2.46. The maximum atomic E-state index is 15.4. The van der Waals surface area contributed by atoms with Gasteiger partial charge in [0.25, 0.3) is 5.56 Å². The van der Waals surface area contributed by atoms with Crippen LogP contribution in [0.3, 0.4) is 0 Å². The molecule has 1 aliphatic carbocycles. The molecule has 2 aliphatic heterocycles. The molecule has 19 nitrogen and oxygen atoms in total. The van der Waals surface area contributed by atoms with Crippen LogP contribution in [0.15, 0.2) is 47.3 Å². The number of aryl methyl sites for hydroxylation is 1. The van der Waals surface area contributed by atoms with Crippen molar-refractivity contribution < 1.29 is 52.5 Å². The van der Waals surface area contributed by atoms with Gasteiger partial charge in [-0.15, -0.1) is 0 Å². The van der Waals surface area contributed by atoms with Crippen molar-refractivity contribution in [3.05, 3.63) is 97.6 Å². The Morgan fingerprint density at radius 3 is 2.36 bits per heavy atom. The van der Waals surface area contributed by atoms with Gasteiger partial charge in [-0.25, -0.2) is 14.2 Å². The van der Waals surface area contributed by atoms with E-state index in [0.717, 1.165) is 0 Å². The van der Waals surface area contributed by atoms with E-state index in [1.165, 1.54) is 10.6 Å². The van der Waals surface area contributed by atoms with Gasteiger partial charge >= 0.3 is 11.9 Å². The van der Waals surface area contributed by atoms with Crippen molar-refractivity contribution in [2.75, 3.05) is 19.6 Å². The minimum atomic E-state index is -2.06. The van der Waals surface area contributed by atoms with Crippen LogP contribution in [0.4, 0.5) is 4.39 Å². The summed E-state index contributed by atoms with van der Waals surface area (Å²) in [7, 11) is 0. The molecule has 3 aliphatic rings. The summed E-state index contributed by atoms with van der Waals surface area (Å²) in [5.41, 5.74) is 6.66. The average molecular weight is 925 g/mol. The van der Waals surface area contributed by atoms with Gasteiger partial charge in [0, 0.05) is 29.0 Å². The first-order valence-corrected chi connectivity index (χ1v) is 21.9. The molecule has 7 rings (SSSR count). The van der Waals surface area contributed by atoms with Gasteiger partial charge in [-0.1, -0.05) is 37.3 Å². The third kappa shape index (κ3) is 10.0. The summed E-state index contributed by atoms with van der Waals surface area (Å²) in [4.78, 5) is 109. The molecule has 2 aromatic carbocycles. The van der Waals surface area contributed by atoms with E-state index in [2.05, 4.69) is 26.6 Å². The third-order valence-electron chi connectivity index (χ3n) is 12.1. The predicted octanol–water partition coefficient (Wildman–Crippen LogP) is 0.766. The second kappa shape index (κ2) is 19.0. The van der Waals surface area contributed by atoms with Crippen LogP contribution in [0, 0.1) is 12.7 Å². The third-order valence-corrected chi connectivity index (χ3v) is 12.1. The Bertz CT molecular complexity index is 2770. The summed E-state index contributed by atoms with van der Waals surface area (Å²) in [6.45, 7) is 6.33. The van der Waals surface area contributed by atoms with E-state index in [1.54, 1.807) is 71.0 Å². The zero-order valence-corrected chi connectivity index (χ0v) is 37.7. The zero-order valence-electron chi connectivity index (χ0n) is 37.7. The number of aromatic nitrogens is 2. The number of amides is 5. The number of carbonyl (C=O) groups is 7. The number of benzene rings is 2. The molecule has 4 atom stereocenters. The number of nitrogens with one attached hydrogen (secondary N) is 5. The SMILES string of the molecule is CC[C@@]1(O)C(=O)OCc2c1cc1n(c2=O)Cc2c-1nc1cc(F)c(C)c3c1c2[C@@H](NC(=O)CNC(=O)[C@H](Cc1ccccc1)NC(=O)CNC(=O)CNC(=O)C[C@H](N)C(=O)OC(C)(C)C)CC3. The smallest absolute Gasteiger partial charge is 0.343 e. The summed E-state index contributed by atoms with van der Waals surface area (Å²) in [6.07, 6.45) is 0.252. The van der Waals surface area contributed by atoms with E-state index in [0.29, 0.717) is 62.9 Å². The molecule has 0 saturated carbocycles. The van der Waals surface area contributed by atoms with Gasteiger partial charge in [0.05, 0.1) is 61.1 Å². The largest absolute Gasteiger partial charge is 0.459 e. The molecule has 0 radical (unpaired) electrons. The molecule has 4 heterocycles. The molecule has 0 spiro atoms. The molecule has 0 bridgehead atoms. The first kappa shape index (κ1) is 47.9. The number of aliphatic hydroxyl groups is 1. The van der Waals surface area contributed by atoms with Crippen LogP contribution in [-0.2, 0) is 74.6 Å². The van der Waals surface area contributed by atoms with Gasteiger partial charge in [0.1, 0.15) is 30.1 Å². The van der Waals surface area contributed by atoms with Crippen LogP contribution in [0.1, 0.15) is 91.9 Å². The van der Waals surface area contributed by atoms with Gasteiger partial charge in [0.2, 0.25) is 29.5 Å². The van der Waals surface area contributed by atoms with Crippen molar-refractivity contribution >= 4 is 52.4 Å². The van der Waals surface area contributed by atoms with Gasteiger partial charge < -0.3 is 51.5 Å². The van der Waals surface area contributed by atoms with Crippen LogP contribution in [0.5, 0.6) is 0 Å². The van der Waals surface area contributed by atoms with Gasteiger partial charge in [-0.05, 0) is 75.3 Å². The number of hydrogen-bond acceptors (Lipinski definition) is 13. The molecule has 0 unspecified atom stereocenters. The summed E-state index contributed by atoms with van der Waals surface area (Å²) >= 11 is 0. The van der Waals surface area contributed by atoms with E-state index in [-0.39, 0.29) is 37.1 Å². The fraction of sp³-hybridized carbons (Fsp3) is 0.426. The Balaban J connectivity index is 1.03. The van der Waals surface area contributed by atoms with E-state index < -0.39 is 108 Å². The monoisotopic (exact) mass is 924 g/mol. The molecule has 0 fully saturated rings. The van der Waals surface area contributed by atoms with Gasteiger partial charge in [0.15, 0.2) is 5.60 Å². The fourth-order valence-corrected chi connectivity index (χ4v) is 8.69. The van der Waals surface area contributed by atoms with Crippen LogP contribution in [0.2, 0.25) is 0 Å². The number of halogens is 1. The van der Waals surface area contributed by atoms with Crippen molar-refractivity contribution in [2.24, 2.45) is 5.73 Å². The predicted molar refractivity (Wildman–Crippen MR) is 238 cm³/mol. The molecule has 2 aromatic heterocycles. The number of ether oxygens (including phenoxy) is 2. The quantitative estimate of drug-likeness (QED) is 0.0716. The van der Waals surface area contributed by atoms with Crippen LogP contribution >= 0.6 is 0 Å². The number of pyridine rings is 2. The lowest BCUT2D eigenvalue weighted by Crippen LogP contribution is -2.52. The number of fused-ring (bicyclic) bond motifs is 5. The maximum Gasteiger partial charge on any atom is 0.343 e. The number of carbonyl (C=O) groups excluding carboxylic acids is 7. The second-order valence-electron chi connectivity index (χ2n) is 17.9. The number of esters is 2. The minimum Gasteiger partial charge on any atom is -0.459 e. The number of cyclic esters (lactones) is 1. The Morgan fingerprint density at radius 1 is 0.970 bits per heavy atom. The fourth-order valence-electron chi connectivity index (χ4n) is 8.69. The van der Waals surface area contributed by atoms with E-state index in [9.17, 15) is 43.5 Å². The highest BCUT2D eigenvalue weighted by Gasteiger charge is 2.46. The number of hydrogen-bond donors (Lipinski definition) is 7. The molecular weight excluding hydrogens is 872 g/mol. The zero-order chi connectivity index (χ0) is 48.5. The van der Waals surface area contributed by atoms with Crippen molar-refractivity contribution in [2.45, 2.75) is 109 Å². The Hall–Kier alpha value is -7.06. The molecular formula is C47H53FN8O11. The molecule has 0 saturated heterocycles. The molecule has 20 heteroatoms. The van der Waals surface area contributed by atoms with E-state index in [4.69, 9.17) is 20.2 Å². The molecule has 5 amide bonds. The summed E-state index contributed by atoms with van der Waals surface area (Å²) in [5, 5.41) is 24.9. The average Bonchev–Trinajstić information content (AvgIpc) is 3.65. The summed E-state index contributed by atoms with van der Waals surface area (Å²) in [5.74, 6) is -5.58. The Kier molecular flexibility index (Phi) is 13.6. The molecule has 8 N–H and O–H groups in total. The first-order valence-electron chi connectivity index (χ1n) is 21.9. The summed E-state index contributed by atoms with van der Waals surface area (Å²) in [6, 6.07) is 8.53. The van der Waals surface area contributed by atoms with Crippen molar-refractivity contribution in [1.82, 2.24) is 36.1 Å². The number of nitrogens with two attached hydrogens (primary N) is 1. The van der Waals surface area contributed by atoms with Crippen molar-refractivity contribution in [1.29, 1.82) is 0 Å². The topological polar surface area (TPSA) is 279 Å². The lowest BCUT2D eigenvalue weighted by Gasteiger charge is -2.31. The summed E-state index contributed by atoms with van der Waals surface area (Å²) < 4.78 is 27.2. The lowest BCUT2D eigenvalue weighted by molar-refractivity contribution is -0.172. The number of rotatable bonds is 15. The second-order valence-corrected chi connectivity index (χ2v) is 17.9. The van der Waals surface area contributed by atoms with E-state index >= 15 is 4.39 Å². The molecule has 67 heavy (non-hydrogen) atoms.